The van der Waals surface area contributed by atoms with Crippen LogP contribution in [0.15, 0.2) is 18.2 Å². The van der Waals surface area contributed by atoms with Gasteiger partial charge in [-0.15, -0.1) is 10.2 Å². The monoisotopic (exact) mass is 404 g/mol. The molecule has 0 unspecified atom stereocenters. The Kier molecular flexibility index (Phi) is 5.72. The van der Waals surface area contributed by atoms with Gasteiger partial charge in [0.15, 0.2) is 0 Å². The van der Waals surface area contributed by atoms with Crippen LogP contribution in [0, 0.1) is 0 Å². The van der Waals surface area contributed by atoms with Gasteiger partial charge in [-0.05, 0) is 12.1 Å². The van der Waals surface area contributed by atoms with E-state index in [1.165, 1.54) is 0 Å². The summed E-state index contributed by atoms with van der Waals surface area (Å²) in [5.41, 5.74) is 0.365. The van der Waals surface area contributed by atoms with E-state index >= 15 is 0 Å². The summed E-state index contributed by atoms with van der Waals surface area (Å²) in [5, 5.41) is 33.1. The summed E-state index contributed by atoms with van der Waals surface area (Å²) in [7, 11) is 0. The second-order valence-corrected chi connectivity index (χ2v) is 7.07. The maximum absolute atomic E-state index is 12.0. The molecule has 11 heteroatoms. The number of carbonyl (C=O) groups is 1. The third kappa shape index (κ3) is 4.20. The van der Waals surface area contributed by atoms with Crippen molar-refractivity contribution in [3.63, 3.8) is 0 Å². The van der Waals surface area contributed by atoms with Gasteiger partial charge >= 0.3 is 6.03 Å². The number of anilines is 2. The van der Waals surface area contributed by atoms with Crippen molar-refractivity contribution in [1.29, 1.82) is 0 Å². The predicted octanol–water partition coefficient (Wildman–Crippen LogP) is 2.67. The van der Waals surface area contributed by atoms with Crippen LogP contribution in [0.5, 0.6) is 0 Å². The SMILES string of the molecule is O=C(Nc1nnc([C@@H]2C[C@H](O)[C@@H](CO)O2)s1)Nc1cccc(Cl)c1Cl. The zero-order valence-corrected chi connectivity index (χ0v) is 15.0. The number of hydrogen-bond donors (Lipinski definition) is 4. The van der Waals surface area contributed by atoms with E-state index in [9.17, 15) is 9.90 Å². The number of urea groups is 1. The zero-order chi connectivity index (χ0) is 18.0. The molecule has 1 saturated heterocycles. The Bertz CT molecular complexity index is 775. The van der Waals surface area contributed by atoms with E-state index in [0.717, 1.165) is 11.3 Å². The molecule has 2 amide bonds. The van der Waals surface area contributed by atoms with Gasteiger partial charge in [0, 0.05) is 6.42 Å². The van der Waals surface area contributed by atoms with Gasteiger partial charge in [0.2, 0.25) is 5.13 Å². The van der Waals surface area contributed by atoms with Crippen LogP contribution < -0.4 is 10.6 Å². The first-order valence-corrected chi connectivity index (χ1v) is 8.85. The lowest BCUT2D eigenvalue weighted by atomic mass is 10.1. The van der Waals surface area contributed by atoms with Crippen molar-refractivity contribution in [2.75, 3.05) is 17.2 Å². The average Bonchev–Trinajstić information content (AvgIpc) is 3.18. The van der Waals surface area contributed by atoms with Crippen molar-refractivity contribution < 1.29 is 19.7 Å². The lowest BCUT2D eigenvalue weighted by molar-refractivity contribution is -0.0227. The standard InChI is InChI=1S/C14H14Cl2N4O4S/c15-6-2-1-3-7(11(6)16)17-13(23)18-14-20-19-12(25-14)9-4-8(22)10(5-21)24-9/h1-3,8-10,21-22H,4-5H2,(H2,17,18,20,23)/t8-,9-,10+/m0/s1. The molecule has 25 heavy (non-hydrogen) atoms. The van der Waals surface area contributed by atoms with Crippen LogP contribution in [0.3, 0.4) is 0 Å². The van der Waals surface area contributed by atoms with Crippen molar-refractivity contribution in [2.24, 2.45) is 0 Å². The van der Waals surface area contributed by atoms with Gasteiger partial charge in [0.1, 0.15) is 17.2 Å². The molecular weight excluding hydrogens is 391 g/mol. The highest BCUT2D eigenvalue weighted by molar-refractivity contribution is 7.15. The molecule has 1 aromatic heterocycles. The fourth-order valence-corrected chi connectivity index (χ4v) is 3.45. The van der Waals surface area contributed by atoms with Crippen molar-refractivity contribution in [2.45, 2.75) is 24.7 Å². The minimum Gasteiger partial charge on any atom is -0.394 e. The Morgan fingerprint density at radius 2 is 2.16 bits per heavy atom. The first-order valence-electron chi connectivity index (χ1n) is 7.27. The minimum atomic E-state index is -0.761. The Balaban J connectivity index is 1.61. The molecule has 4 N–H and O–H groups in total. The molecule has 3 rings (SSSR count). The topological polar surface area (TPSA) is 117 Å². The molecule has 8 nitrogen and oxygen atoms in total. The second kappa shape index (κ2) is 7.81. The van der Waals surface area contributed by atoms with Gasteiger partial charge in [-0.1, -0.05) is 40.6 Å². The third-order valence-electron chi connectivity index (χ3n) is 3.54. The lowest BCUT2D eigenvalue weighted by Gasteiger charge is -2.09. The number of carbonyl (C=O) groups excluding carboxylic acids is 1. The largest absolute Gasteiger partial charge is 0.394 e. The molecule has 1 fully saturated rings. The molecule has 134 valence electrons. The third-order valence-corrected chi connectivity index (χ3v) is 5.29. The second-order valence-electron chi connectivity index (χ2n) is 5.27. The average molecular weight is 405 g/mol. The minimum absolute atomic E-state index is 0.237. The highest BCUT2D eigenvalue weighted by atomic mass is 35.5. The first-order chi connectivity index (χ1) is 12.0. The lowest BCUT2D eigenvalue weighted by Crippen LogP contribution is -2.24. The molecule has 0 radical (unpaired) electrons. The van der Waals surface area contributed by atoms with E-state index in [-0.39, 0.29) is 16.8 Å². The highest BCUT2D eigenvalue weighted by Crippen LogP contribution is 2.35. The van der Waals surface area contributed by atoms with Crippen molar-refractivity contribution in [1.82, 2.24) is 10.2 Å². The molecular formula is C14H14Cl2N4O4S. The van der Waals surface area contributed by atoms with Crippen LogP contribution in [-0.4, -0.2) is 45.3 Å². The summed E-state index contributed by atoms with van der Waals surface area (Å²) in [4.78, 5) is 12.0. The van der Waals surface area contributed by atoms with Gasteiger partial charge in [0.25, 0.3) is 0 Å². The van der Waals surface area contributed by atoms with Gasteiger partial charge in [-0.25, -0.2) is 4.79 Å². The number of rotatable bonds is 4. The fraction of sp³-hybridized carbons (Fsp3) is 0.357. The van der Waals surface area contributed by atoms with E-state index in [1.807, 2.05) is 0 Å². The van der Waals surface area contributed by atoms with Crippen LogP contribution in [-0.2, 0) is 4.74 Å². The predicted molar refractivity (Wildman–Crippen MR) is 94.3 cm³/mol. The molecule has 1 aliphatic rings. The van der Waals surface area contributed by atoms with Crippen molar-refractivity contribution >= 4 is 51.4 Å². The number of benzene rings is 1. The maximum Gasteiger partial charge on any atom is 0.325 e. The van der Waals surface area contributed by atoms with E-state index < -0.39 is 24.3 Å². The van der Waals surface area contributed by atoms with Gasteiger partial charge in [0.05, 0.1) is 28.4 Å². The Labute approximate surface area is 156 Å². The van der Waals surface area contributed by atoms with E-state index in [0.29, 0.717) is 22.1 Å². The summed E-state index contributed by atoms with van der Waals surface area (Å²) in [6.45, 7) is -0.273. The Morgan fingerprint density at radius 1 is 1.36 bits per heavy atom. The Morgan fingerprint density at radius 3 is 2.88 bits per heavy atom. The summed E-state index contributed by atoms with van der Waals surface area (Å²) < 4.78 is 5.50. The van der Waals surface area contributed by atoms with Gasteiger partial charge < -0.3 is 20.3 Å². The fourth-order valence-electron chi connectivity index (χ4n) is 2.32. The summed E-state index contributed by atoms with van der Waals surface area (Å²) >= 11 is 13.0. The number of aromatic nitrogens is 2. The Hall–Kier alpha value is -1.49. The summed E-state index contributed by atoms with van der Waals surface area (Å²) in [6.07, 6.45) is -1.56. The number of aliphatic hydroxyl groups is 2. The maximum atomic E-state index is 12.0. The number of nitrogens with one attached hydrogen (secondary N) is 2. The number of aliphatic hydroxyl groups excluding tert-OH is 2. The molecule has 2 aromatic rings. The summed E-state index contributed by atoms with van der Waals surface area (Å²) in [6, 6.07) is 4.34. The molecule has 1 aromatic carbocycles. The molecule has 0 saturated carbocycles. The van der Waals surface area contributed by atoms with Crippen LogP contribution in [0.1, 0.15) is 17.5 Å². The van der Waals surface area contributed by atoms with E-state index in [2.05, 4.69) is 20.8 Å². The molecule has 2 heterocycles. The summed E-state index contributed by atoms with van der Waals surface area (Å²) in [5.74, 6) is 0. The van der Waals surface area contributed by atoms with Crippen LogP contribution in [0.4, 0.5) is 15.6 Å². The molecule has 1 aliphatic heterocycles. The van der Waals surface area contributed by atoms with Crippen LogP contribution in [0.25, 0.3) is 0 Å². The van der Waals surface area contributed by atoms with Crippen molar-refractivity contribution in [3.8, 4) is 0 Å². The van der Waals surface area contributed by atoms with Crippen LogP contribution in [0.2, 0.25) is 10.0 Å². The van der Waals surface area contributed by atoms with E-state index in [1.54, 1.807) is 18.2 Å². The zero-order valence-electron chi connectivity index (χ0n) is 12.6. The first kappa shape index (κ1) is 18.3. The number of amides is 2. The number of nitrogens with zero attached hydrogens (tertiary/aromatic N) is 2. The normalized spacial score (nSPS) is 22.8. The molecule has 0 spiro atoms. The van der Waals surface area contributed by atoms with Crippen LogP contribution >= 0.6 is 34.5 Å². The van der Waals surface area contributed by atoms with Gasteiger partial charge in [-0.3, -0.25) is 5.32 Å². The van der Waals surface area contributed by atoms with Crippen molar-refractivity contribution in [3.05, 3.63) is 33.3 Å². The molecule has 0 aliphatic carbocycles. The number of hydrogen-bond acceptors (Lipinski definition) is 7. The van der Waals surface area contributed by atoms with Gasteiger partial charge in [-0.2, -0.15) is 0 Å². The smallest absolute Gasteiger partial charge is 0.325 e. The van der Waals surface area contributed by atoms with E-state index in [4.69, 9.17) is 33.0 Å². The highest BCUT2D eigenvalue weighted by Gasteiger charge is 2.36. The molecule has 3 atom stereocenters. The number of ether oxygens (including phenoxy) is 1. The quantitative estimate of drug-likeness (QED) is 0.622. The number of halogens is 2. The molecule has 0 bridgehead atoms.